The zero-order valence-electron chi connectivity index (χ0n) is 19.4. The molecule has 1 atom stereocenters. The maximum absolute atomic E-state index is 12.5. The molecule has 0 aliphatic heterocycles. The van der Waals surface area contributed by atoms with Gasteiger partial charge in [-0.3, -0.25) is 9.78 Å². The van der Waals surface area contributed by atoms with Crippen LogP contribution in [-0.2, 0) is 11.3 Å². The summed E-state index contributed by atoms with van der Waals surface area (Å²) < 4.78 is 16.9. The van der Waals surface area contributed by atoms with Gasteiger partial charge in [0.1, 0.15) is 11.5 Å². The first-order valence-electron chi connectivity index (χ1n) is 10.9. The highest BCUT2D eigenvalue weighted by atomic mass is 16.5. The number of hydrogen-bond acceptors (Lipinski definition) is 6. The second-order valence-electron chi connectivity index (χ2n) is 7.74. The first kappa shape index (κ1) is 23.1. The highest BCUT2D eigenvalue weighted by molar-refractivity contribution is 5.94. The van der Waals surface area contributed by atoms with Gasteiger partial charge in [0.05, 0.1) is 25.8 Å². The lowest BCUT2D eigenvalue weighted by atomic mass is 10.2. The topological polar surface area (TPSA) is 81.7 Å². The van der Waals surface area contributed by atoms with Gasteiger partial charge in [0, 0.05) is 29.9 Å². The molecule has 174 valence electrons. The molecule has 0 fully saturated rings. The second kappa shape index (κ2) is 10.7. The predicted octanol–water partition coefficient (Wildman–Crippen LogP) is 5.16. The van der Waals surface area contributed by atoms with Crippen molar-refractivity contribution in [1.82, 2.24) is 10.3 Å². The number of aromatic nitrogens is 1. The first-order valence-corrected chi connectivity index (χ1v) is 10.9. The van der Waals surface area contributed by atoms with E-state index in [0.717, 1.165) is 16.5 Å². The molecule has 1 heterocycles. The number of nitrogens with zero attached hydrogens (tertiary/aromatic N) is 1. The molecule has 7 heteroatoms. The molecule has 3 aromatic carbocycles. The van der Waals surface area contributed by atoms with Crippen LogP contribution in [-0.4, -0.2) is 31.2 Å². The summed E-state index contributed by atoms with van der Waals surface area (Å²) in [5.74, 6) is 2.37. The second-order valence-corrected chi connectivity index (χ2v) is 7.74. The quantitative estimate of drug-likeness (QED) is 0.361. The Labute approximate surface area is 198 Å². The summed E-state index contributed by atoms with van der Waals surface area (Å²) in [6.07, 6.45) is 1.68. The van der Waals surface area contributed by atoms with E-state index in [1.807, 2.05) is 73.7 Å². The standard InChI is InChI=1S/C27H27N3O4/c1-18(29-17-19-7-5-4-6-8-19)27(31)30-20-9-11-21(12-10-20)34-24-13-14-28-23-16-26(33-3)25(32-2)15-22(23)24/h4-16,18,29H,17H2,1-3H3,(H,30,31)/t18-/m0/s1. The van der Waals surface area contributed by atoms with Crippen molar-refractivity contribution in [1.29, 1.82) is 0 Å². The van der Waals surface area contributed by atoms with Gasteiger partial charge in [0.15, 0.2) is 11.5 Å². The van der Waals surface area contributed by atoms with E-state index in [0.29, 0.717) is 35.2 Å². The molecule has 0 aliphatic rings. The Morgan fingerprint density at radius 2 is 1.62 bits per heavy atom. The largest absolute Gasteiger partial charge is 0.493 e. The Hall–Kier alpha value is -4.10. The highest BCUT2D eigenvalue weighted by Gasteiger charge is 2.14. The zero-order valence-corrected chi connectivity index (χ0v) is 19.4. The number of hydrogen-bond donors (Lipinski definition) is 2. The maximum atomic E-state index is 12.5. The fourth-order valence-electron chi connectivity index (χ4n) is 3.48. The summed E-state index contributed by atoms with van der Waals surface area (Å²) in [4.78, 5) is 16.9. The summed E-state index contributed by atoms with van der Waals surface area (Å²) in [7, 11) is 3.18. The van der Waals surface area contributed by atoms with Gasteiger partial charge in [0.25, 0.3) is 0 Å². The molecule has 4 aromatic rings. The average molecular weight is 458 g/mol. The summed E-state index contributed by atoms with van der Waals surface area (Å²) in [6, 6.07) is 22.3. The fraction of sp³-hybridized carbons (Fsp3) is 0.185. The molecular weight excluding hydrogens is 430 g/mol. The molecule has 0 bridgehead atoms. The molecule has 0 aliphatic carbocycles. The van der Waals surface area contributed by atoms with Crippen molar-refractivity contribution in [2.75, 3.05) is 19.5 Å². The van der Waals surface area contributed by atoms with Crippen molar-refractivity contribution in [3.8, 4) is 23.0 Å². The summed E-state index contributed by atoms with van der Waals surface area (Å²) in [5.41, 5.74) is 2.55. The number of rotatable bonds is 9. The molecule has 7 nitrogen and oxygen atoms in total. The SMILES string of the molecule is COc1cc2nccc(Oc3ccc(NC(=O)[C@H](C)NCc4ccccc4)cc3)c2cc1OC. The number of carbonyl (C=O) groups is 1. The molecule has 1 aromatic heterocycles. The van der Waals surface area contributed by atoms with E-state index < -0.39 is 0 Å². The van der Waals surface area contributed by atoms with Crippen LogP contribution in [0.15, 0.2) is 79.0 Å². The molecule has 0 saturated carbocycles. The van der Waals surface area contributed by atoms with E-state index in [1.165, 1.54) is 0 Å². The van der Waals surface area contributed by atoms with Gasteiger partial charge in [-0.25, -0.2) is 0 Å². The van der Waals surface area contributed by atoms with Crippen molar-refractivity contribution >= 4 is 22.5 Å². The van der Waals surface area contributed by atoms with Gasteiger partial charge in [-0.1, -0.05) is 30.3 Å². The van der Waals surface area contributed by atoms with Crippen molar-refractivity contribution in [2.45, 2.75) is 19.5 Å². The Morgan fingerprint density at radius 1 is 0.912 bits per heavy atom. The van der Waals surface area contributed by atoms with E-state index in [9.17, 15) is 4.79 Å². The monoisotopic (exact) mass is 457 g/mol. The third kappa shape index (κ3) is 5.44. The van der Waals surface area contributed by atoms with Gasteiger partial charge < -0.3 is 24.8 Å². The minimum absolute atomic E-state index is 0.106. The van der Waals surface area contributed by atoms with E-state index in [2.05, 4.69) is 15.6 Å². The molecule has 4 rings (SSSR count). The molecule has 34 heavy (non-hydrogen) atoms. The minimum Gasteiger partial charge on any atom is -0.493 e. The van der Waals surface area contributed by atoms with E-state index >= 15 is 0 Å². The number of ether oxygens (including phenoxy) is 3. The Balaban J connectivity index is 1.41. The maximum Gasteiger partial charge on any atom is 0.241 e. The van der Waals surface area contributed by atoms with Crippen LogP contribution in [0.5, 0.6) is 23.0 Å². The lowest BCUT2D eigenvalue weighted by molar-refractivity contribution is -0.117. The van der Waals surface area contributed by atoms with Crippen molar-refractivity contribution < 1.29 is 19.0 Å². The number of amides is 1. The Morgan fingerprint density at radius 3 is 2.32 bits per heavy atom. The van der Waals surface area contributed by atoms with Gasteiger partial charge in [-0.05, 0) is 48.9 Å². The predicted molar refractivity (Wildman–Crippen MR) is 133 cm³/mol. The van der Waals surface area contributed by atoms with E-state index in [4.69, 9.17) is 14.2 Å². The number of carbonyl (C=O) groups excluding carboxylic acids is 1. The fourth-order valence-corrected chi connectivity index (χ4v) is 3.48. The van der Waals surface area contributed by atoms with Crippen LogP contribution >= 0.6 is 0 Å². The molecule has 0 unspecified atom stereocenters. The van der Waals surface area contributed by atoms with Crippen LogP contribution in [0.1, 0.15) is 12.5 Å². The average Bonchev–Trinajstić information content (AvgIpc) is 2.88. The van der Waals surface area contributed by atoms with Crippen molar-refractivity contribution in [3.05, 3.63) is 84.6 Å². The lowest BCUT2D eigenvalue weighted by Crippen LogP contribution is -2.37. The number of pyridine rings is 1. The molecule has 0 spiro atoms. The molecular formula is C27H27N3O4. The van der Waals surface area contributed by atoms with Crippen molar-refractivity contribution in [2.24, 2.45) is 0 Å². The number of fused-ring (bicyclic) bond motifs is 1. The number of nitrogens with one attached hydrogen (secondary N) is 2. The third-order valence-corrected chi connectivity index (χ3v) is 5.41. The van der Waals surface area contributed by atoms with Crippen LogP contribution in [0.4, 0.5) is 5.69 Å². The van der Waals surface area contributed by atoms with Crippen LogP contribution in [0, 0.1) is 0 Å². The third-order valence-electron chi connectivity index (χ3n) is 5.41. The first-order chi connectivity index (χ1) is 16.6. The number of anilines is 1. The van der Waals surface area contributed by atoms with Gasteiger partial charge >= 0.3 is 0 Å². The zero-order chi connectivity index (χ0) is 23.9. The van der Waals surface area contributed by atoms with Gasteiger partial charge in [-0.2, -0.15) is 0 Å². The molecule has 2 N–H and O–H groups in total. The normalized spacial score (nSPS) is 11.6. The van der Waals surface area contributed by atoms with E-state index in [1.54, 1.807) is 26.5 Å². The summed E-state index contributed by atoms with van der Waals surface area (Å²) in [5, 5.41) is 6.97. The Kier molecular flexibility index (Phi) is 7.25. The van der Waals surface area contributed by atoms with Crippen LogP contribution in [0.25, 0.3) is 10.9 Å². The van der Waals surface area contributed by atoms with Crippen LogP contribution in [0.3, 0.4) is 0 Å². The highest BCUT2D eigenvalue weighted by Crippen LogP contribution is 2.36. The van der Waals surface area contributed by atoms with Gasteiger partial charge in [0.2, 0.25) is 5.91 Å². The lowest BCUT2D eigenvalue weighted by Gasteiger charge is -2.15. The van der Waals surface area contributed by atoms with Crippen LogP contribution in [0.2, 0.25) is 0 Å². The van der Waals surface area contributed by atoms with Crippen molar-refractivity contribution in [3.63, 3.8) is 0 Å². The molecule has 1 amide bonds. The molecule has 0 saturated heterocycles. The van der Waals surface area contributed by atoms with E-state index in [-0.39, 0.29) is 11.9 Å². The minimum atomic E-state index is -0.341. The number of benzene rings is 3. The van der Waals surface area contributed by atoms with Crippen LogP contribution < -0.4 is 24.8 Å². The summed E-state index contributed by atoms with van der Waals surface area (Å²) in [6.45, 7) is 2.46. The summed E-state index contributed by atoms with van der Waals surface area (Å²) >= 11 is 0. The van der Waals surface area contributed by atoms with Gasteiger partial charge in [-0.15, -0.1) is 0 Å². The Bertz CT molecular complexity index is 1260. The smallest absolute Gasteiger partial charge is 0.241 e. The number of methoxy groups -OCH3 is 2. The molecule has 0 radical (unpaired) electrons.